The quantitative estimate of drug-likeness (QED) is 0.883. The smallest absolute Gasteiger partial charge is 0.254 e. The van der Waals surface area contributed by atoms with Crippen LogP contribution in [0.1, 0.15) is 21.7 Å². The number of carbonyl (C=O) groups excluding carboxylic acids is 1. The fourth-order valence-electron chi connectivity index (χ4n) is 1.84. The van der Waals surface area contributed by atoms with E-state index in [0.29, 0.717) is 17.8 Å². The number of anilines is 1. The molecule has 1 heterocycles. The fourth-order valence-corrected chi connectivity index (χ4v) is 2.31. The lowest BCUT2D eigenvalue weighted by molar-refractivity contribution is 0.0774. The molecular formula is C14H15BrN2O2. The van der Waals surface area contributed by atoms with Crippen LogP contribution in [0.5, 0.6) is 0 Å². The minimum atomic E-state index is -0.0816. The molecule has 100 valence electrons. The van der Waals surface area contributed by atoms with Crippen LogP contribution >= 0.6 is 15.9 Å². The zero-order valence-electron chi connectivity index (χ0n) is 10.8. The Balaban J connectivity index is 2.24. The van der Waals surface area contributed by atoms with Crippen molar-refractivity contribution in [2.24, 2.45) is 0 Å². The van der Waals surface area contributed by atoms with E-state index in [-0.39, 0.29) is 5.91 Å². The first-order valence-electron chi connectivity index (χ1n) is 5.82. The Morgan fingerprint density at radius 1 is 1.47 bits per heavy atom. The highest BCUT2D eigenvalue weighted by atomic mass is 79.9. The van der Waals surface area contributed by atoms with Gasteiger partial charge in [0.2, 0.25) is 0 Å². The SMILES string of the molecule is Cc1c(N)cc(Br)cc1C(=O)N(C)Cc1ccco1. The van der Waals surface area contributed by atoms with Crippen molar-refractivity contribution >= 4 is 27.5 Å². The van der Waals surface area contributed by atoms with Gasteiger partial charge in [0.25, 0.3) is 5.91 Å². The second-order valence-corrected chi connectivity index (χ2v) is 5.32. The minimum Gasteiger partial charge on any atom is -0.467 e. The van der Waals surface area contributed by atoms with E-state index in [1.54, 1.807) is 36.4 Å². The molecule has 0 aliphatic heterocycles. The molecule has 0 saturated carbocycles. The first-order chi connectivity index (χ1) is 8.99. The number of nitrogens with zero attached hydrogens (tertiary/aromatic N) is 1. The highest BCUT2D eigenvalue weighted by Crippen LogP contribution is 2.24. The lowest BCUT2D eigenvalue weighted by Gasteiger charge is -2.18. The molecule has 0 atom stereocenters. The predicted octanol–water partition coefficient (Wildman–Crippen LogP) is 3.20. The van der Waals surface area contributed by atoms with Gasteiger partial charge in [-0.2, -0.15) is 0 Å². The molecule has 2 aromatic rings. The summed E-state index contributed by atoms with van der Waals surface area (Å²) in [5, 5.41) is 0. The summed E-state index contributed by atoms with van der Waals surface area (Å²) in [6.45, 7) is 2.27. The largest absolute Gasteiger partial charge is 0.467 e. The van der Waals surface area contributed by atoms with Gasteiger partial charge in [-0.05, 0) is 36.8 Å². The molecule has 2 rings (SSSR count). The van der Waals surface area contributed by atoms with Crippen molar-refractivity contribution in [3.63, 3.8) is 0 Å². The van der Waals surface area contributed by atoms with Gasteiger partial charge in [-0.3, -0.25) is 4.79 Å². The summed E-state index contributed by atoms with van der Waals surface area (Å²) < 4.78 is 6.04. The molecule has 4 nitrogen and oxygen atoms in total. The topological polar surface area (TPSA) is 59.5 Å². The maximum Gasteiger partial charge on any atom is 0.254 e. The Morgan fingerprint density at radius 2 is 2.21 bits per heavy atom. The normalized spacial score (nSPS) is 10.5. The standard InChI is InChI=1S/C14H15BrN2O2/c1-9-12(6-10(15)7-13(9)16)14(18)17(2)8-11-4-3-5-19-11/h3-7H,8,16H2,1-2H3. The molecule has 0 fully saturated rings. The zero-order valence-corrected chi connectivity index (χ0v) is 12.4. The van der Waals surface area contributed by atoms with E-state index in [4.69, 9.17) is 10.2 Å². The van der Waals surface area contributed by atoms with Crippen molar-refractivity contribution in [2.75, 3.05) is 12.8 Å². The number of carbonyl (C=O) groups is 1. The van der Waals surface area contributed by atoms with Crippen molar-refractivity contribution in [3.05, 3.63) is 51.9 Å². The van der Waals surface area contributed by atoms with Gasteiger partial charge < -0.3 is 15.1 Å². The van der Waals surface area contributed by atoms with E-state index in [1.807, 2.05) is 13.0 Å². The molecule has 0 unspecified atom stereocenters. The van der Waals surface area contributed by atoms with E-state index in [9.17, 15) is 4.79 Å². The third kappa shape index (κ3) is 2.98. The molecule has 0 radical (unpaired) electrons. The number of benzene rings is 1. The van der Waals surface area contributed by atoms with Crippen LogP contribution in [0.4, 0.5) is 5.69 Å². The number of nitrogen functional groups attached to an aromatic ring is 1. The van der Waals surface area contributed by atoms with Crippen LogP contribution in [0.25, 0.3) is 0 Å². The van der Waals surface area contributed by atoms with Gasteiger partial charge in [-0.15, -0.1) is 0 Å². The number of halogens is 1. The van der Waals surface area contributed by atoms with Gasteiger partial charge in [-0.25, -0.2) is 0 Å². The summed E-state index contributed by atoms with van der Waals surface area (Å²) in [5.74, 6) is 0.665. The average Bonchev–Trinajstić information content (AvgIpc) is 2.85. The summed E-state index contributed by atoms with van der Waals surface area (Å²) in [6, 6.07) is 7.22. The predicted molar refractivity (Wildman–Crippen MR) is 77.8 cm³/mol. The number of furan rings is 1. The van der Waals surface area contributed by atoms with E-state index in [0.717, 1.165) is 15.8 Å². The molecule has 1 aromatic carbocycles. The van der Waals surface area contributed by atoms with Crippen molar-refractivity contribution < 1.29 is 9.21 Å². The van der Waals surface area contributed by atoms with Gasteiger partial charge in [-0.1, -0.05) is 15.9 Å². The molecule has 0 spiro atoms. The van der Waals surface area contributed by atoms with Gasteiger partial charge in [0, 0.05) is 22.8 Å². The molecule has 19 heavy (non-hydrogen) atoms. The van der Waals surface area contributed by atoms with Crippen molar-refractivity contribution in [1.82, 2.24) is 4.90 Å². The summed E-state index contributed by atoms with van der Waals surface area (Å²) in [6.07, 6.45) is 1.59. The lowest BCUT2D eigenvalue weighted by Crippen LogP contribution is -2.27. The molecule has 5 heteroatoms. The Hall–Kier alpha value is -1.75. The summed E-state index contributed by atoms with van der Waals surface area (Å²) in [5.41, 5.74) is 7.87. The number of nitrogens with two attached hydrogens (primary N) is 1. The highest BCUT2D eigenvalue weighted by molar-refractivity contribution is 9.10. The number of amides is 1. The van der Waals surface area contributed by atoms with Crippen molar-refractivity contribution in [3.8, 4) is 0 Å². The Bertz CT molecular complexity index is 594. The van der Waals surface area contributed by atoms with E-state index in [1.165, 1.54) is 0 Å². The maximum atomic E-state index is 12.4. The van der Waals surface area contributed by atoms with Gasteiger partial charge in [0.05, 0.1) is 12.8 Å². The molecule has 0 saturated heterocycles. The number of hydrogen-bond donors (Lipinski definition) is 1. The van der Waals surface area contributed by atoms with Gasteiger partial charge in [0.1, 0.15) is 5.76 Å². The molecule has 2 N–H and O–H groups in total. The van der Waals surface area contributed by atoms with E-state index in [2.05, 4.69) is 15.9 Å². The molecule has 1 amide bonds. The first kappa shape index (κ1) is 13.7. The highest BCUT2D eigenvalue weighted by Gasteiger charge is 2.17. The van der Waals surface area contributed by atoms with Crippen LogP contribution in [-0.4, -0.2) is 17.9 Å². The van der Waals surface area contributed by atoms with Gasteiger partial charge in [0.15, 0.2) is 0 Å². The van der Waals surface area contributed by atoms with Crippen molar-refractivity contribution in [1.29, 1.82) is 0 Å². The van der Waals surface area contributed by atoms with Crippen LogP contribution in [-0.2, 0) is 6.54 Å². The van der Waals surface area contributed by atoms with E-state index >= 15 is 0 Å². The average molecular weight is 323 g/mol. The summed E-state index contributed by atoms with van der Waals surface area (Å²) in [7, 11) is 1.74. The monoisotopic (exact) mass is 322 g/mol. The minimum absolute atomic E-state index is 0.0816. The zero-order chi connectivity index (χ0) is 14.0. The van der Waals surface area contributed by atoms with E-state index < -0.39 is 0 Å². The van der Waals surface area contributed by atoms with Crippen LogP contribution in [0.15, 0.2) is 39.4 Å². The Kier molecular flexibility index (Phi) is 3.95. The Labute approximate surface area is 120 Å². The Morgan fingerprint density at radius 3 is 2.84 bits per heavy atom. The second kappa shape index (κ2) is 5.48. The molecular weight excluding hydrogens is 308 g/mol. The van der Waals surface area contributed by atoms with Crippen LogP contribution in [0.2, 0.25) is 0 Å². The fraction of sp³-hybridized carbons (Fsp3) is 0.214. The third-order valence-corrected chi connectivity index (χ3v) is 3.42. The molecule has 0 bridgehead atoms. The lowest BCUT2D eigenvalue weighted by atomic mass is 10.1. The maximum absolute atomic E-state index is 12.4. The number of rotatable bonds is 3. The molecule has 1 aromatic heterocycles. The molecule has 0 aliphatic carbocycles. The number of hydrogen-bond acceptors (Lipinski definition) is 3. The van der Waals surface area contributed by atoms with Gasteiger partial charge >= 0.3 is 0 Å². The third-order valence-electron chi connectivity index (χ3n) is 2.96. The van der Waals surface area contributed by atoms with Crippen LogP contribution in [0.3, 0.4) is 0 Å². The summed E-state index contributed by atoms with van der Waals surface area (Å²) >= 11 is 3.36. The van der Waals surface area contributed by atoms with Crippen LogP contribution < -0.4 is 5.73 Å². The van der Waals surface area contributed by atoms with Crippen LogP contribution in [0, 0.1) is 6.92 Å². The first-order valence-corrected chi connectivity index (χ1v) is 6.62. The second-order valence-electron chi connectivity index (χ2n) is 4.41. The summed E-state index contributed by atoms with van der Waals surface area (Å²) in [4.78, 5) is 14.0. The molecule has 0 aliphatic rings. The van der Waals surface area contributed by atoms with Crippen molar-refractivity contribution in [2.45, 2.75) is 13.5 Å².